The number of aromatic nitrogens is 1. The molecule has 0 spiro atoms. The Labute approximate surface area is 167 Å². The van der Waals surface area contributed by atoms with E-state index in [0.29, 0.717) is 23.1 Å². The van der Waals surface area contributed by atoms with Gasteiger partial charge in [-0.25, -0.2) is 0 Å². The van der Waals surface area contributed by atoms with Crippen molar-refractivity contribution in [2.45, 2.75) is 52.6 Å². The minimum atomic E-state index is -0.0526. The van der Waals surface area contributed by atoms with Crippen LogP contribution in [0.25, 0.3) is 0 Å². The Bertz CT molecular complexity index is 680. The zero-order valence-corrected chi connectivity index (χ0v) is 17.0. The number of ether oxygens (including phenoxy) is 1. The smallest absolute Gasteiger partial charge is 0.252 e. The molecule has 5 heteroatoms. The van der Waals surface area contributed by atoms with Crippen molar-refractivity contribution in [2.75, 3.05) is 6.54 Å². The summed E-state index contributed by atoms with van der Waals surface area (Å²) >= 11 is 5.85. The minimum Gasteiger partial charge on any atom is -0.487 e. The molecule has 1 amide bonds. The van der Waals surface area contributed by atoms with E-state index in [9.17, 15) is 4.79 Å². The highest BCUT2D eigenvalue weighted by Crippen LogP contribution is 2.22. The number of hydrogen-bond donors (Lipinski definition) is 1. The van der Waals surface area contributed by atoms with E-state index in [-0.39, 0.29) is 5.91 Å². The second kappa shape index (κ2) is 11.6. The lowest BCUT2D eigenvalue weighted by atomic mass is 9.89. The third-order valence-corrected chi connectivity index (χ3v) is 4.82. The fraction of sp³-hybridized carbons (Fsp3) is 0.455. The summed E-state index contributed by atoms with van der Waals surface area (Å²) in [7, 11) is 0. The molecule has 0 bridgehead atoms. The summed E-state index contributed by atoms with van der Waals surface area (Å²) in [4.78, 5) is 16.5. The second-order valence-corrected chi connectivity index (χ2v) is 6.93. The molecule has 1 fully saturated rings. The number of amides is 1. The van der Waals surface area contributed by atoms with Crippen LogP contribution in [0.3, 0.4) is 0 Å². The van der Waals surface area contributed by atoms with E-state index in [2.05, 4.69) is 10.3 Å². The van der Waals surface area contributed by atoms with Gasteiger partial charge >= 0.3 is 0 Å². The highest BCUT2D eigenvalue weighted by Gasteiger charge is 2.15. The summed E-state index contributed by atoms with van der Waals surface area (Å²) in [5.74, 6) is 1.31. The number of rotatable bonds is 6. The molecule has 1 aromatic heterocycles. The maximum atomic E-state index is 12.2. The summed E-state index contributed by atoms with van der Waals surface area (Å²) in [5, 5.41) is 3.70. The lowest BCUT2D eigenvalue weighted by Gasteiger charge is -2.21. The Morgan fingerprint density at radius 2 is 1.81 bits per heavy atom. The maximum absolute atomic E-state index is 12.2. The van der Waals surface area contributed by atoms with Gasteiger partial charge in [0.25, 0.3) is 5.91 Å². The maximum Gasteiger partial charge on any atom is 0.252 e. The van der Waals surface area contributed by atoms with Crippen molar-refractivity contribution in [1.29, 1.82) is 0 Å². The number of benzene rings is 1. The molecule has 0 atom stereocenters. The average Bonchev–Trinajstić information content (AvgIpc) is 2.74. The second-order valence-electron chi connectivity index (χ2n) is 6.49. The Hall–Kier alpha value is -2.07. The summed E-state index contributed by atoms with van der Waals surface area (Å²) in [6.07, 6.45) is 7.94. The molecule has 1 aromatic carbocycles. The van der Waals surface area contributed by atoms with Crippen LogP contribution in [0, 0.1) is 5.92 Å². The van der Waals surface area contributed by atoms with Crippen molar-refractivity contribution >= 4 is 17.5 Å². The van der Waals surface area contributed by atoms with Crippen molar-refractivity contribution < 1.29 is 9.53 Å². The van der Waals surface area contributed by atoms with Crippen LogP contribution in [-0.4, -0.2) is 17.4 Å². The lowest BCUT2D eigenvalue weighted by Crippen LogP contribution is -2.30. The van der Waals surface area contributed by atoms with Crippen molar-refractivity contribution in [3.05, 3.63) is 58.9 Å². The Kier molecular flexibility index (Phi) is 9.12. The first-order chi connectivity index (χ1) is 13.2. The van der Waals surface area contributed by atoms with Gasteiger partial charge in [0.1, 0.15) is 12.4 Å². The van der Waals surface area contributed by atoms with Gasteiger partial charge in [-0.1, -0.05) is 44.7 Å². The summed E-state index contributed by atoms with van der Waals surface area (Å²) in [6.45, 7) is 5.12. The molecule has 1 aliphatic rings. The Balaban J connectivity index is 0.00000126. The molecule has 2 aromatic rings. The SMILES string of the molecule is CC.O=C(NCC1CCCCC1)c1ccc(COc2ccc(Cl)cc2)nc1. The zero-order chi connectivity index (χ0) is 19.5. The van der Waals surface area contributed by atoms with Gasteiger partial charge in [0.2, 0.25) is 0 Å². The lowest BCUT2D eigenvalue weighted by molar-refractivity contribution is 0.0943. The molecule has 4 nitrogen and oxygen atoms in total. The van der Waals surface area contributed by atoms with Crippen LogP contribution in [0.15, 0.2) is 42.6 Å². The molecule has 0 saturated heterocycles. The van der Waals surface area contributed by atoms with E-state index >= 15 is 0 Å². The number of nitrogens with one attached hydrogen (secondary N) is 1. The molecule has 0 unspecified atom stereocenters. The zero-order valence-electron chi connectivity index (χ0n) is 16.2. The highest BCUT2D eigenvalue weighted by molar-refractivity contribution is 6.30. The van der Waals surface area contributed by atoms with E-state index in [1.807, 2.05) is 32.0 Å². The van der Waals surface area contributed by atoms with Gasteiger partial charge in [0.15, 0.2) is 0 Å². The molecule has 0 aliphatic heterocycles. The molecule has 146 valence electrons. The van der Waals surface area contributed by atoms with Gasteiger partial charge in [-0.3, -0.25) is 9.78 Å². The molecule has 1 heterocycles. The summed E-state index contributed by atoms with van der Waals surface area (Å²) < 4.78 is 5.65. The van der Waals surface area contributed by atoms with Crippen molar-refractivity contribution in [2.24, 2.45) is 5.92 Å². The number of hydrogen-bond acceptors (Lipinski definition) is 3. The van der Waals surface area contributed by atoms with E-state index in [1.54, 1.807) is 24.4 Å². The van der Waals surface area contributed by atoms with Crippen LogP contribution in [0.4, 0.5) is 0 Å². The third-order valence-electron chi connectivity index (χ3n) is 4.56. The first-order valence-electron chi connectivity index (χ1n) is 9.82. The number of nitrogens with zero attached hydrogens (tertiary/aromatic N) is 1. The van der Waals surface area contributed by atoms with Crippen LogP contribution < -0.4 is 10.1 Å². The van der Waals surface area contributed by atoms with Crippen LogP contribution in [0.2, 0.25) is 5.02 Å². The number of carbonyl (C=O) groups is 1. The molecule has 1 N–H and O–H groups in total. The van der Waals surface area contributed by atoms with Gasteiger partial charge in [0.05, 0.1) is 11.3 Å². The van der Waals surface area contributed by atoms with E-state index in [1.165, 1.54) is 32.1 Å². The number of pyridine rings is 1. The molecular formula is C22H29ClN2O2. The van der Waals surface area contributed by atoms with E-state index < -0.39 is 0 Å². The molecule has 1 saturated carbocycles. The minimum absolute atomic E-state index is 0.0526. The van der Waals surface area contributed by atoms with Crippen LogP contribution in [0.1, 0.15) is 62.0 Å². The fourth-order valence-electron chi connectivity index (χ4n) is 3.06. The van der Waals surface area contributed by atoms with Gasteiger partial charge in [-0.05, 0) is 55.2 Å². The van der Waals surface area contributed by atoms with Crippen molar-refractivity contribution in [1.82, 2.24) is 10.3 Å². The largest absolute Gasteiger partial charge is 0.487 e. The first-order valence-corrected chi connectivity index (χ1v) is 10.2. The topological polar surface area (TPSA) is 51.2 Å². The van der Waals surface area contributed by atoms with E-state index in [0.717, 1.165) is 18.0 Å². The molecule has 0 radical (unpaired) electrons. The van der Waals surface area contributed by atoms with Gasteiger partial charge in [-0.15, -0.1) is 0 Å². The normalized spacial score (nSPS) is 14.0. The predicted octanol–water partition coefficient (Wildman–Crippen LogP) is 5.65. The monoisotopic (exact) mass is 388 g/mol. The average molecular weight is 389 g/mol. The number of carbonyl (C=O) groups excluding carboxylic acids is 1. The van der Waals surface area contributed by atoms with E-state index in [4.69, 9.17) is 16.3 Å². The quantitative estimate of drug-likeness (QED) is 0.695. The van der Waals surface area contributed by atoms with Gasteiger partial charge < -0.3 is 10.1 Å². The third kappa shape index (κ3) is 7.22. The van der Waals surface area contributed by atoms with Crippen molar-refractivity contribution in [3.8, 4) is 5.75 Å². The van der Waals surface area contributed by atoms with Crippen LogP contribution >= 0.6 is 11.6 Å². The van der Waals surface area contributed by atoms with Gasteiger partial charge in [0, 0.05) is 17.8 Å². The molecule has 27 heavy (non-hydrogen) atoms. The predicted molar refractivity (Wildman–Crippen MR) is 110 cm³/mol. The molecule has 3 rings (SSSR count). The van der Waals surface area contributed by atoms with Crippen LogP contribution in [-0.2, 0) is 6.61 Å². The first kappa shape index (κ1) is 21.2. The fourth-order valence-corrected chi connectivity index (χ4v) is 3.19. The number of halogens is 1. The molecule has 1 aliphatic carbocycles. The molecular weight excluding hydrogens is 360 g/mol. The Morgan fingerprint density at radius 3 is 2.44 bits per heavy atom. The summed E-state index contributed by atoms with van der Waals surface area (Å²) in [5.41, 5.74) is 1.37. The van der Waals surface area contributed by atoms with Crippen LogP contribution in [0.5, 0.6) is 5.75 Å². The van der Waals surface area contributed by atoms with Gasteiger partial charge in [-0.2, -0.15) is 0 Å². The summed E-state index contributed by atoms with van der Waals surface area (Å²) in [6, 6.07) is 10.8. The highest BCUT2D eigenvalue weighted by atomic mass is 35.5. The Morgan fingerprint density at radius 1 is 1.11 bits per heavy atom. The standard InChI is InChI=1S/C20H23ClN2O2.C2H6/c21-17-7-10-19(11-8-17)25-14-18-9-6-16(13-22-18)20(24)23-12-15-4-2-1-3-5-15;1-2/h6-11,13,15H,1-5,12,14H2,(H,23,24);1-2H3. The van der Waals surface area contributed by atoms with Crippen molar-refractivity contribution in [3.63, 3.8) is 0 Å².